The van der Waals surface area contributed by atoms with Gasteiger partial charge in [-0.3, -0.25) is 9.59 Å². The van der Waals surface area contributed by atoms with Gasteiger partial charge in [-0.1, -0.05) is 0 Å². The van der Waals surface area contributed by atoms with Gasteiger partial charge in [0.2, 0.25) is 0 Å². The molecule has 2 rings (SSSR count). The van der Waals surface area contributed by atoms with Gasteiger partial charge < -0.3 is 14.6 Å². The number of hydrogen-bond donors (Lipinski definition) is 1. The van der Waals surface area contributed by atoms with Crippen molar-refractivity contribution in [3.05, 3.63) is 41.2 Å². The van der Waals surface area contributed by atoms with E-state index in [0.717, 1.165) is 0 Å². The lowest BCUT2D eigenvalue weighted by Gasteiger charge is -2.12. The van der Waals surface area contributed by atoms with Gasteiger partial charge in [0, 0.05) is 13.6 Å². The Hall–Kier alpha value is -2.08. The Morgan fingerprint density at radius 3 is 2.79 bits per heavy atom. The van der Waals surface area contributed by atoms with E-state index in [2.05, 4.69) is 5.32 Å². The van der Waals surface area contributed by atoms with Gasteiger partial charge in [0.1, 0.15) is 0 Å². The van der Waals surface area contributed by atoms with Gasteiger partial charge in [0.05, 0.1) is 16.1 Å². The second-order valence-electron chi connectivity index (χ2n) is 3.91. The molecule has 0 atom stereocenters. The molecule has 0 aliphatic carbocycles. The maximum atomic E-state index is 11.9. The molecule has 0 aromatic carbocycles. The van der Waals surface area contributed by atoms with E-state index < -0.39 is 0 Å². The predicted octanol–water partition coefficient (Wildman–Crippen LogP) is 2.69. The Labute approximate surface area is 114 Å². The van der Waals surface area contributed by atoms with Gasteiger partial charge in [-0.25, -0.2) is 0 Å². The molecule has 0 unspecified atom stereocenters. The fraction of sp³-hybridized carbons (Fsp3) is 0.231. The summed E-state index contributed by atoms with van der Waals surface area (Å²) in [5, 5.41) is 3.31. The van der Waals surface area contributed by atoms with Gasteiger partial charge in [-0.15, -0.1) is 11.3 Å². The van der Waals surface area contributed by atoms with E-state index in [1.165, 1.54) is 17.6 Å². The fourth-order valence-corrected chi connectivity index (χ4v) is 2.33. The van der Waals surface area contributed by atoms with Crippen LogP contribution in [0.1, 0.15) is 27.2 Å². The van der Waals surface area contributed by atoms with Crippen LogP contribution in [-0.2, 0) is 0 Å². The number of rotatable bonds is 4. The molecule has 2 amide bonds. The van der Waals surface area contributed by atoms with Crippen molar-refractivity contribution in [1.29, 1.82) is 0 Å². The molecular weight excluding hydrogens is 264 g/mol. The van der Waals surface area contributed by atoms with Gasteiger partial charge in [-0.2, -0.15) is 0 Å². The highest BCUT2D eigenvalue weighted by molar-refractivity contribution is 7.18. The van der Waals surface area contributed by atoms with Crippen molar-refractivity contribution in [3.8, 4) is 0 Å². The number of carbonyl (C=O) groups excluding carboxylic acids is 2. The van der Waals surface area contributed by atoms with E-state index in [1.807, 2.05) is 6.92 Å². The Kier molecular flexibility index (Phi) is 4.01. The van der Waals surface area contributed by atoms with E-state index in [1.54, 1.807) is 36.2 Å². The molecule has 0 saturated heterocycles. The number of nitrogens with zero attached hydrogens (tertiary/aromatic N) is 1. The van der Waals surface area contributed by atoms with Crippen molar-refractivity contribution in [3.63, 3.8) is 0 Å². The minimum atomic E-state index is -0.324. The monoisotopic (exact) mass is 278 g/mol. The summed E-state index contributed by atoms with van der Waals surface area (Å²) in [6.45, 7) is 2.55. The second kappa shape index (κ2) is 5.71. The lowest BCUT2D eigenvalue weighted by atomic mass is 10.4. The van der Waals surface area contributed by atoms with E-state index >= 15 is 0 Å². The molecular formula is C13H14N2O3S. The second-order valence-corrected chi connectivity index (χ2v) is 5.00. The Balaban J connectivity index is 2.06. The highest BCUT2D eigenvalue weighted by Crippen LogP contribution is 2.23. The van der Waals surface area contributed by atoms with Crippen LogP contribution in [0.15, 0.2) is 34.9 Å². The van der Waals surface area contributed by atoms with Crippen molar-refractivity contribution in [2.75, 3.05) is 18.9 Å². The third-order valence-corrected chi connectivity index (χ3v) is 3.61. The molecule has 2 aromatic heterocycles. The number of carbonyl (C=O) groups is 2. The van der Waals surface area contributed by atoms with E-state index in [-0.39, 0.29) is 17.6 Å². The van der Waals surface area contributed by atoms with E-state index in [4.69, 9.17) is 4.42 Å². The summed E-state index contributed by atoms with van der Waals surface area (Å²) in [5.74, 6) is -0.132. The molecule has 2 aromatic rings. The Bertz CT molecular complexity index is 574. The lowest BCUT2D eigenvalue weighted by molar-refractivity contribution is 0.0807. The number of thiophene rings is 1. The summed E-state index contributed by atoms with van der Waals surface area (Å²) >= 11 is 1.25. The number of amides is 2. The van der Waals surface area contributed by atoms with Crippen LogP contribution in [0.2, 0.25) is 0 Å². The SMILES string of the molecule is CCN(C)C(=O)c1ccc(NC(=O)c2ccco2)s1. The molecule has 0 fully saturated rings. The molecule has 0 aliphatic rings. The maximum absolute atomic E-state index is 11.9. The largest absolute Gasteiger partial charge is 0.459 e. The quantitative estimate of drug-likeness (QED) is 0.935. The first-order valence-corrected chi connectivity index (χ1v) is 6.63. The standard InChI is InChI=1S/C13H14N2O3S/c1-3-15(2)13(17)10-6-7-11(19-10)14-12(16)9-5-4-8-18-9/h4-8H,3H2,1-2H3,(H,14,16). The molecule has 0 spiro atoms. The molecule has 0 saturated carbocycles. The molecule has 0 aliphatic heterocycles. The van der Waals surface area contributed by atoms with Gasteiger partial charge in [-0.05, 0) is 31.2 Å². The maximum Gasteiger partial charge on any atom is 0.291 e. The highest BCUT2D eigenvalue weighted by atomic mass is 32.1. The molecule has 100 valence electrons. The highest BCUT2D eigenvalue weighted by Gasteiger charge is 2.15. The van der Waals surface area contributed by atoms with Crippen LogP contribution in [0, 0.1) is 0 Å². The Morgan fingerprint density at radius 2 is 2.16 bits per heavy atom. The predicted molar refractivity (Wildman–Crippen MR) is 73.6 cm³/mol. The van der Waals surface area contributed by atoms with Crippen molar-refractivity contribution < 1.29 is 14.0 Å². The number of nitrogens with one attached hydrogen (secondary N) is 1. The zero-order valence-corrected chi connectivity index (χ0v) is 11.5. The van der Waals surface area contributed by atoms with Crippen LogP contribution >= 0.6 is 11.3 Å². The van der Waals surface area contributed by atoms with Crippen molar-refractivity contribution >= 4 is 28.2 Å². The topological polar surface area (TPSA) is 62.6 Å². The van der Waals surface area contributed by atoms with Crippen LogP contribution in [-0.4, -0.2) is 30.3 Å². The third-order valence-electron chi connectivity index (χ3n) is 2.62. The fourth-order valence-electron chi connectivity index (χ4n) is 1.43. The van der Waals surface area contributed by atoms with Gasteiger partial charge >= 0.3 is 0 Å². The van der Waals surface area contributed by atoms with Gasteiger partial charge in [0.15, 0.2) is 5.76 Å². The number of hydrogen-bond acceptors (Lipinski definition) is 4. The van der Waals surface area contributed by atoms with Crippen molar-refractivity contribution in [2.45, 2.75) is 6.92 Å². The molecule has 0 bridgehead atoms. The summed E-state index contributed by atoms with van der Waals surface area (Å²) in [6.07, 6.45) is 1.44. The summed E-state index contributed by atoms with van der Waals surface area (Å²) in [6, 6.07) is 6.65. The zero-order valence-electron chi connectivity index (χ0n) is 10.7. The smallest absolute Gasteiger partial charge is 0.291 e. The summed E-state index contributed by atoms with van der Waals surface area (Å²) in [5.41, 5.74) is 0. The van der Waals surface area contributed by atoms with Crippen molar-refractivity contribution in [2.24, 2.45) is 0 Å². The number of anilines is 1. The van der Waals surface area contributed by atoms with Crippen LogP contribution in [0.4, 0.5) is 5.00 Å². The third kappa shape index (κ3) is 3.03. The first-order valence-electron chi connectivity index (χ1n) is 5.82. The summed E-state index contributed by atoms with van der Waals surface area (Å²) in [4.78, 5) is 25.9. The van der Waals surface area contributed by atoms with Crippen LogP contribution < -0.4 is 5.32 Å². The van der Waals surface area contributed by atoms with E-state index in [9.17, 15) is 9.59 Å². The Morgan fingerprint density at radius 1 is 1.37 bits per heavy atom. The lowest BCUT2D eigenvalue weighted by Crippen LogP contribution is -2.25. The van der Waals surface area contributed by atoms with Crippen LogP contribution in [0.3, 0.4) is 0 Å². The van der Waals surface area contributed by atoms with Crippen LogP contribution in [0.5, 0.6) is 0 Å². The molecule has 5 nitrogen and oxygen atoms in total. The summed E-state index contributed by atoms with van der Waals surface area (Å²) < 4.78 is 4.99. The molecule has 2 heterocycles. The minimum absolute atomic E-state index is 0.0500. The minimum Gasteiger partial charge on any atom is -0.459 e. The number of furan rings is 1. The average Bonchev–Trinajstić information content (AvgIpc) is 3.07. The normalized spacial score (nSPS) is 10.2. The molecule has 0 radical (unpaired) electrons. The van der Waals surface area contributed by atoms with Gasteiger partial charge in [0.25, 0.3) is 11.8 Å². The van der Waals surface area contributed by atoms with Crippen LogP contribution in [0.25, 0.3) is 0 Å². The molecule has 19 heavy (non-hydrogen) atoms. The summed E-state index contributed by atoms with van der Waals surface area (Å²) in [7, 11) is 1.74. The first kappa shape index (κ1) is 13.4. The van der Waals surface area contributed by atoms with E-state index in [0.29, 0.717) is 16.4 Å². The average molecular weight is 278 g/mol. The first-order chi connectivity index (χ1) is 9.11. The molecule has 6 heteroatoms. The zero-order chi connectivity index (χ0) is 13.8. The molecule has 1 N–H and O–H groups in total. The van der Waals surface area contributed by atoms with Crippen molar-refractivity contribution in [1.82, 2.24) is 4.90 Å².